The van der Waals surface area contributed by atoms with Gasteiger partial charge in [0.05, 0.1) is 11.9 Å². The molecule has 0 spiro atoms. The molecule has 3 rings (SSSR count). The van der Waals surface area contributed by atoms with E-state index in [0.29, 0.717) is 11.3 Å². The van der Waals surface area contributed by atoms with Crippen molar-refractivity contribution in [2.45, 2.75) is 12.5 Å². The van der Waals surface area contributed by atoms with Crippen molar-refractivity contribution < 1.29 is 9.50 Å². The van der Waals surface area contributed by atoms with Gasteiger partial charge in [-0.15, -0.1) is 0 Å². The number of benzene rings is 1. The molecule has 1 unspecified atom stereocenters. The molecule has 3 nitrogen and oxygen atoms in total. The van der Waals surface area contributed by atoms with Gasteiger partial charge in [-0.1, -0.05) is 24.3 Å². The van der Waals surface area contributed by atoms with E-state index < -0.39 is 11.4 Å². The van der Waals surface area contributed by atoms with E-state index in [1.54, 1.807) is 19.3 Å². The third-order valence-electron chi connectivity index (χ3n) is 3.42. The highest BCUT2D eigenvalue weighted by atomic mass is 19.1. The fourth-order valence-corrected chi connectivity index (χ4v) is 2.31. The molecule has 100 valence electrons. The quantitative estimate of drug-likeness (QED) is 0.777. The molecule has 1 atom stereocenters. The Labute approximate surface area is 115 Å². The highest BCUT2D eigenvalue weighted by Gasteiger charge is 2.29. The summed E-state index contributed by atoms with van der Waals surface area (Å²) in [6.45, 7) is 1.64. The van der Waals surface area contributed by atoms with E-state index in [9.17, 15) is 9.50 Å². The van der Waals surface area contributed by atoms with Gasteiger partial charge in [0.1, 0.15) is 11.4 Å². The Morgan fingerprint density at radius 1 is 1.05 bits per heavy atom. The molecule has 0 aliphatic heterocycles. The van der Waals surface area contributed by atoms with Crippen molar-refractivity contribution in [3.05, 3.63) is 72.1 Å². The summed E-state index contributed by atoms with van der Waals surface area (Å²) in [5, 5.41) is 12.7. The van der Waals surface area contributed by atoms with Crippen LogP contribution in [0.5, 0.6) is 0 Å². The van der Waals surface area contributed by atoms with Crippen molar-refractivity contribution in [1.29, 1.82) is 0 Å². The lowest BCUT2D eigenvalue weighted by molar-refractivity contribution is 0.0985. The third-order valence-corrected chi connectivity index (χ3v) is 3.42. The first kappa shape index (κ1) is 12.7. The van der Waals surface area contributed by atoms with Crippen molar-refractivity contribution >= 4 is 10.8 Å². The lowest BCUT2D eigenvalue weighted by Crippen LogP contribution is -2.24. The van der Waals surface area contributed by atoms with E-state index in [1.165, 1.54) is 12.1 Å². The second kappa shape index (κ2) is 4.65. The summed E-state index contributed by atoms with van der Waals surface area (Å²) in [6.07, 6.45) is 4.46. The summed E-state index contributed by atoms with van der Waals surface area (Å²) in [5.74, 6) is -0.430. The highest BCUT2D eigenvalue weighted by molar-refractivity contribution is 5.85. The van der Waals surface area contributed by atoms with Gasteiger partial charge in [-0.2, -0.15) is 0 Å². The second-order valence-corrected chi connectivity index (χ2v) is 4.84. The second-order valence-electron chi connectivity index (χ2n) is 4.84. The van der Waals surface area contributed by atoms with Crippen molar-refractivity contribution in [2.24, 2.45) is 0 Å². The van der Waals surface area contributed by atoms with Gasteiger partial charge < -0.3 is 5.11 Å². The Balaban J connectivity index is 2.20. The average molecular weight is 268 g/mol. The van der Waals surface area contributed by atoms with Crippen LogP contribution in [-0.2, 0) is 5.60 Å². The van der Waals surface area contributed by atoms with Crippen LogP contribution in [-0.4, -0.2) is 15.1 Å². The summed E-state index contributed by atoms with van der Waals surface area (Å²) in [4.78, 5) is 8.14. The molecule has 20 heavy (non-hydrogen) atoms. The van der Waals surface area contributed by atoms with E-state index in [0.717, 1.165) is 17.0 Å². The van der Waals surface area contributed by atoms with E-state index in [-0.39, 0.29) is 0 Å². The Morgan fingerprint density at radius 2 is 1.85 bits per heavy atom. The van der Waals surface area contributed by atoms with E-state index in [4.69, 9.17) is 0 Å². The number of fused-ring (bicyclic) bond motifs is 1. The van der Waals surface area contributed by atoms with Gasteiger partial charge in [0.2, 0.25) is 0 Å². The molecule has 0 amide bonds. The number of halogens is 1. The Bertz CT molecular complexity index is 749. The van der Waals surface area contributed by atoms with Crippen molar-refractivity contribution in [3.8, 4) is 0 Å². The number of pyridine rings is 2. The Hall–Kier alpha value is -2.33. The molecule has 2 aromatic heterocycles. The smallest absolute Gasteiger partial charge is 0.141 e. The summed E-state index contributed by atoms with van der Waals surface area (Å²) >= 11 is 0. The first-order chi connectivity index (χ1) is 9.59. The van der Waals surface area contributed by atoms with E-state index in [2.05, 4.69) is 9.97 Å². The molecule has 1 aromatic carbocycles. The van der Waals surface area contributed by atoms with Gasteiger partial charge in [0.25, 0.3) is 0 Å². The topological polar surface area (TPSA) is 46.0 Å². The van der Waals surface area contributed by atoms with Crippen LogP contribution in [0.2, 0.25) is 0 Å². The first-order valence-electron chi connectivity index (χ1n) is 6.26. The maximum absolute atomic E-state index is 13.0. The summed E-state index contributed by atoms with van der Waals surface area (Å²) in [6, 6.07) is 10.4. The summed E-state index contributed by atoms with van der Waals surface area (Å²) in [5.41, 5.74) is -0.298. The molecule has 0 aliphatic carbocycles. The largest absolute Gasteiger partial charge is 0.379 e. The van der Waals surface area contributed by atoms with Gasteiger partial charge in [-0.05, 0) is 24.4 Å². The Morgan fingerprint density at radius 3 is 2.60 bits per heavy atom. The minimum absolute atomic E-state index is 0.386. The van der Waals surface area contributed by atoms with Crippen molar-refractivity contribution in [3.63, 3.8) is 0 Å². The number of nitrogens with zero attached hydrogens (tertiary/aromatic N) is 2. The lowest BCUT2D eigenvalue weighted by Gasteiger charge is -2.24. The fraction of sp³-hybridized carbons (Fsp3) is 0.125. The predicted molar refractivity (Wildman–Crippen MR) is 74.6 cm³/mol. The zero-order chi connectivity index (χ0) is 14.2. The predicted octanol–water partition coefficient (Wildman–Crippen LogP) is 3.02. The maximum atomic E-state index is 13.0. The lowest BCUT2D eigenvalue weighted by atomic mass is 9.89. The molecule has 0 fully saturated rings. The molecule has 2 heterocycles. The third kappa shape index (κ3) is 2.04. The van der Waals surface area contributed by atoms with E-state index in [1.807, 2.05) is 24.3 Å². The van der Waals surface area contributed by atoms with Gasteiger partial charge >= 0.3 is 0 Å². The van der Waals surface area contributed by atoms with Crippen LogP contribution in [0.25, 0.3) is 10.8 Å². The monoisotopic (exact) mass is 268 g/mol. The van der Waals surface area contributed by atoms with Gasteiger partial charge in [0, 0.05) is 23.3 Å². The van der Waals surface area contributed by atoms with Crippen LogP contribution in [0.15, 0.2) is 55.0 Å². The minimum atomic E-state index is -1.33. The number of hydrogen-bond acceptors (Lipinski definition) is 3. The van der Waals surface area contributed by atoms with Crippen LogP contribution in [0.4, 0.5) is 4.39 Å². The molecular formula is C16H13FN2O. The van der Waals surface area contributed by atoms with Gasteiger partial charge in [-0.25, -0.2) is 4.39 Å². The zero-order valence-electron chi connectivity index (χ0n) is 10.9. The Kier molecular flexibility index (Phi) is 2.95. The molecule has 0 bridgehead atoms. The molecule has 4 heteroatoms. The van der Waals surface area contributed by atoms with Crippen LogP contribution in [0.1, 0.15) is 18.2 Å². The number of aliphatic hydroxyl groups is 1. The molecule has 3 aromatic rings. The minimum Gasteiger partial charge on any atom is -0.379 e. The molecule has 1 N–H and O–H groups in total. The normalized spacial score (nSPS) is 14.2. The molecular weight excluding hydrogens is 255 g/mol. The highest BCUT2D eigenvalue weighted by Crippen LogP contribution is 2.32. The molecule has 0 aliphatic rings. The molecule has 0 saturated carbocycles. The number of aromatic nitrogens is 2. The van der Waals surface area contributed by atoms with Crippen LogP contribution in [0.3, 0.4) is 0 Å². The summed E-state index contributed by atoms with van der Waals surface area (Å²) in [7, 11) is 0. The molecule has 0 saturated heterocycles. The van der Waals surface area contributed by atoms with Gasteiger partial charge in [-0.3, -0.25) is 9.97 Å². The summed E-state index contributed by atoms with van der Waals surface area (Å²) < 4.78 is 13.0. The number of rotatable bonds is 2. The first-order valence-corrected chi connectivity index (χ1v) is 6.26. The van der Waals surface area contributed by atoms with Gasteiger partial charge in [0.15, 0.2) is 0 Å². The van der Waals surface area contributed by atoms with Crippen LogP contribution >= 0.6 is 0 Å². The van der Waals surface area contributed by atoms with Crippen molar-refractivity contribution in [2.75, 3.05) is 0 Å². The molecule has 0 radical (unpaired) electrons. The zero-order valence-corrected chi connectivity index (χ0v) is 10.9. The fourth-order valence-electron chi connectivity index (χ4n) is 2.31. The average Bonchev–Trinajstić information content (AvgIpc) is 2.47. The standard InChI is InChI=1S/C16H13FN2O/c1-16(20,15-7-6-12(17)9-19-15)14-10-18-8-11-4-2-3-5-13(11)14/h2-10,20H,1H3. The van der Waals surface area contributed by atoms with E-state index >= 15 is 0 Å². The van der Waals surface area contributed by atoms with Crippen molar-refractivity contribution in [1.82, 2.24) is 9.97 Å². The van der Waals surface area contributed by atoms with Crippen LogP contribution < -0.4 is 0 Å². The van der Waals surface area contributed by atoms with Crippen LogP contribution in [0, 0.1) is 5.82 Å². The number of hydrogen-bond donors (Lipinski definition) is 1. The maximum Gasteiger partial charge on any atom is 0.141 e. The SMILES string of the molecule is CC(O)(c1ccc(F)cn1)c1cncc2ccccc12.